The van der Waals surface area contributed by atoms with Crippen LogP contribution in [0.4, 0.5) is 0 Å². The summed E-state index contributed by atoms with van der Waals surface area (Å²) in [5, 5.41) is 4.91. The molecular weight excluding hydrogens is 268 g/mol. The number of aromatic nitrogens is 2. The van der Waals surface area contributed by atoms with Crippen LogP contribution in [0.5, 0.6) is 0 Å². The average molecular weight is 284 g/mol. The molecule has 0 spiro atoms. The molecule has 0 aliphatic rings. The monoisotopic (exact) mass is 284 g/mol. The first kappa shape index (κ1) is 13.5. The summed E-state index contributed by atoms with van der Waals surface area (Å²) in [5.74, 6) is 0.991. The molecule has 108 valence electrons. The third-order valence-corrected chi connectivity index (χ3v) is 3.46. The number of rotatable bonds is 4. The number of carbonyl (C=O) groups is 1. The molecule has 3 rings (SSSR count). The maximum absolute atomic E-state index is 11.7. The minimum Gasteiger partial charge on any atom is -0.453 e. The number of carbonyl (C=O) groups excluding carboxylic acids is 1. The number of benzene rings is 1. The summed E-state index contributed by atoms with van der Waals surface area (Å²) in [5.41, 5.74) is 0.769. The van der Waals surface area contributed by atoms with Crippen LogP contribution in [0.1, 0.15) is 32.6 Å². The Bertz CT molecular complexity index is 753. The molecule has 0 aliphatic heterocycles. The van der Waals surface area contributed by atoms with E-state index in [1.54, 1.807) is 0 Å². The van der Waals surface area contributed by atoms with Gasteiger partial charge in [0.1, 0.15) is 11.4 Å². The lowest BCUT2D eigenvalue weighted by atomic mass is 9.92. The Morgan fingerprint density at radius 3 is 2.67 bits per heavy atom. The molecule has 0 bridgehead atoms. The highest BCUT2D eigenvalue weighted by Gasteiger charge is 2.27. The Hall–Kier alpha value is -2.43. The van der Waals surface area contributed by atoms with Gasteiger partial charge < -0.3 is 8.94 Å². The molecule has 0 saturated heterocycles. The van der Waals surface area contributed by atoms with Crippen molar-refractivity contribution >= 4 is 16.8 Å². The highest BCUT2D eigenvalue weighted by atomic mass is 16.5. The maximum atomic E-state index is 11.7. The van der Waals surface area contributed by atoms with Crippen LogP contribution in [-0.2, 0) is 4.79 Å². The lowest BCUT2D eigenvalue weighted by Crippen LogP contribution is -2.15. The summed E-state index contributed by atoms with van der Waals surface area (Å²) in [6, 6.07) is 9.54. The van der Waals surface area contributed by atoms with E-state index in [1.807, 2.05) is 44.2 Å². The topological polar surface area (TPSA) is 69.1 Å². The standard InChI is InChI=1S/C16H16N2O3/c1-9(2)14(10(3)19)16-17-15(18-21-16)13-8-11-6-4-5-7-12(11)20-13/h4-9,14H,1-3H3. The molecular formula is C16H16N2O3. The van der Waals surface area contributed by atoms with Gasteiger partial charge in [0.05, 0.1) is 5.92 Å². The van der Waals surface area contributed by atoms with Crippen LogP contribution in [-0.4, -0.2) is 15.9 Å². The second kappa shape index (κ2) is 5.16. The van der Waals surface area contributed by atoms with Gasteiger partial charge in [-0.25, -0.2) is 0 Å². The number of fused-ring (bicyclic) bond motifs is 1. The molecule has 0 N–H and O–H groups in total. The van der Waals surface area contributed by atoms with Gasteiger partial charge in [0.15, 0.2) is 5.76 Å². The fourth-order valence-corrected chi connectivity index (χ4v) is 2.48. The predicted molar refractivity (Wildman–Crippen MR) is 77.8 cm³/mol. The molecule has 1 unspecified atom stereocenters. The number of ketones is 1. The summed E-state index contributed by atoms with van der Waals surface area (Å²) in [7, 11) is 0. The van der Waals surface area contributed by atoms with Crippen molar-refractivity contribution < 1.29 is 13.7 Å². The largest absolute Gasteiger partial charge is 0.453 e. The van der Waals surface area contributed by atoms with Crippen molar-refractivity contribution in [2.45, 2.75) is 26.7 Å². The fraction of sp³-hybridized carbons (Fsp3) is 0.312. The van der Waals surface area contributed by atoms with Crippen LogP contribution < -0.4 is 0 Å². The minimum absolute atomic E-state index is 0.0183. The molecule has 1 atom stereocenters. The predicted octanol–water partition coefficient (Wildman–Crippen LogP) is 3.81. The summed E-state index contributed by atoms with van der Waals surface area (Å²) < 4.78 is 11.0. The lowest BCUT2D eigenvalue weighted by molar-refractivity contribution is -0.119. The zero-order valence-corrected chi connectivity index (χ0v) is 12.2. The first-order valence-corrected chi connectivity index (χ1v) is 6.89. The van der Waals surface area contributed by atoms with Crippen molar-refractivity contribution in [2.75, 3.05) is 0 Å². The smallest absolute Gasteiger partial charge is 0.238 e. The van der Waals surface area contributed by atoms with E-state index >= 15 is 0 Å². The molecule has 21 heavy (non-hydrogen) atoms. The molecule has 1 aromatic carbocycles. The van der Waals surface area contributed by atoms with E-state index in [4.69, 9.17) is 8.94 Å². The van der Waals surface area contributed by atoms with Crippen molar-refractivity contribution in [3.05, 3.63) is 36.2 Å². The third kappa shape index (κ3) is 2.46. The summed E-state index contributed by atoms with van der Waals surface area (Å²) in [6.45, 7) is 5.45. The Morgan fingerprint density at radius 1 is 1.24 bits per heavy atom. The number of hydrogen-bond acceptors (Lipinski definition) is 5. The van der Waals surface area contributed by atoms with E-state index in [-0.39, 0.29) is 17.6 Å². The van der Waals surface area contributed by atoms with E-state index < -0.39 is 0 Å². The van der Waals surface area contributed by atoms with Gasteiger partial charge in [-0.05, 0) is 25.0 Å². The van der Waals surface area contributed by atoms with Gasteiger partial charge in [0.2, 0.25) is 11.7 Å². The minimum atomic E-state index is -0.379. The van der Waals surface area contributed by atoms with E-state index in [2.05, 4.69) is 10.1 Å². The van der Waals surface area contributed by atoms with Gasteiger partial charge in [-0.3, -0.25) is 4.79 Å². The van der Waals surface area contributed by atoms with E-state index in [0.29, 0.717) is 17.5 Å². The molecule has 2 aromatic heterocycles. The van der Waals surface area contributed by atoms with Crippen LogP contribution in [0.2, 0.25) is 0 Å². The van der Waals surface area contributed by atoms with Gasteiger partial charge >= 0.3 is 0 Å². The molecule has 3 aromatic rings. The van der Waals surface area contributed by atoms with Crippen molar-refractivity contribution in [1.82, 2.24) is 10.1 Å². The molecule has 0 radical (unpaired) electrons. The molecule has 2 heterocycles. The van der Waals surface area contributed by atoms with Crippen LogP contribution in [0.25, 0.3) is 22.6 Å². The van der Waals surface area contributed by atoms with Crippen molar-refractivity contribution in [2.24, 2.45) is 5.92 Å². The Balaban J connectivity index is 1.99. The first-order valence-electron chi connectivity index (χ1n) is 6.89. The number of nitrogens with zero attached hydrogens (tertiary/aromatic N) is 2. The van der Waals surface area contributed by atoms with Gasteiger partial charge in [-0.2, -0.15) is 4.98 Å². The van der Waals surface area contributed by atoms with E-state index in [1.165, 1.54) is 6.92 Å². The van der Waals surface area contributed by atoms with Crippen LogP contribution >= 0.6 is 0 Å². The summed E-state index contributed by atoms with van der Waals surface area (Å²) in [6.07, 6.45) is 0. The summed E-state index contributed by atoms with van der Waals surface area (Å²) >= 11 is 0. The van der Waals surface area contributed by atoms with Crippen LogP contribution in [0.3, 0.4) is 0 Å². The Labute approximate surface area is 122 Å². The fourth-order valence-electron chi connectivity index (χ4n) is 2.48. The molecule has 0 amide bonds. The zero-order valence-electron chi connectivity index (χ0n) is 12.2. The van der Waals surface area contributed by atoms with Crippen LogP contribution in [0, 0.1) is 5.92 Å². The van der Waals surface area contributed by atoms with Gasteiger partial charge in [-0.1, -0.05) is 37.2 Å². The molecule has 0 saturated carbocycles. The quantitative estimate of drug-likeness (QED) is 0.728. The SMILES string of the molecule is CC(=O)C(c1nc(-c2cc3ccccc3o2)no1)C(C)C. The average Bonchev–Trinajstić information content (AvgIpc) is 3.03. The Morgan fingerprint density at radius 2 is 2.00 bits per heavy atom. The number of hydrogen-bond donors (Lipinski definition) is 0. The third-order valence-electron chi connectivity index (χ3n) is 3.46. The van der Waals surface area contributed by atoms with Crippen molar-refractivity contribution in [1.29, 1.82) is 0 Å². The lowest BCUT2D eigenvalue weighted by Gasteiger charge is -2.12. The summed E-state index contributed by atoms with van der Waals surface area (Å²) in [4.78, 5) is 16.0. The van der Waals surface area contributed by atoms with Gasteiger partial charge in [-0.15, -0.1) is 0 Å². The molecule has 0 aliphatic carbocycles. The van der Waals surface area contributed by atoms with Gasteiger partial charge in [0, 0.05) is 5.39 Å². The number of para-hydroxylation sites is 1. The Kier molecular flexibility index (Phi) is 3.33. The molecule has 0 fully saturated rings. The van der Waals surface area contributed by atoms with E-state index in [0.717, 1.165) is 11.0 Å². The normalized spacial score (nSPS) is 13.0. The maximum Gasteiger partial charge on any atom is 0.238 e. The highest BCUT2D eigenvalue weighted by Crippen LogP contribution is 2.29. The van der Waals surface area contributed by atoms with Crippen LogP contribution in [0.15, 0.2) is 39.3 Å². The van der Waals surface area contributed by atoms with Crippen molar-refractivity contribution in [3.8, 4) is 11.6 Å². The van der Waals surface area contributed by atoms with E-state index in [9.17, 15) is 4.79 Å². The second-order valence-corrected chi connectivity index (χ2v) is 5.44. The molecule has 5 nitrogen and oxygen atoms in total. The number of Topliss-reactive ketones (excluding diaryl/α,β-unsaturated/α-hetero) is 1. The highest BCUT2D eigenvalue weighted by molar-refractivity contribution is 5.83. The van der Waals surface area contributed by atoms with Gasteiger partial charge in [0.25, 0.3) is 0 Å². The molecule has 5 heteroatoms. The zero-order chi connectivity index (χ0) is 15.0. The van der Waals surface area contributed by atoms with Crippen molar-refractivity contribution in [3.63, 3.8) is 0 Å². The second-order valence-electron chi connectivity index (χ2n) is 5.44. The first-order chi connectivity index (χ1) is 10.1. The number of furan rings is 1.